The molecule has 0 fully saturated rings. The van der Waals surface area contributed by atoms with Crippen LogP contribution in [0.15, 0.2) is 60.0 Å². The van der Waals surface area contributed by atoms with E-state index in [4.69, 9.17) is 0 Å². The van der Waals surface area contributed by atoms with E-state index in [1.165, 1.54) is 5.56 Å². The molecular weight excluding hydrogens is 375 g/mol. The van der Waals surface area contributed by atoms with Crippen LogP contribution in [-0.4, -0.2) is 10.9 Å². The van der Waals surface area contributed by atoms with Crippen LogP contribution in [0.2, 0.25) is 0 Å². The number of hydrogen-bond acceptors (Lipinski definition) is 2. The normalized spacial score (nSPS) is 11.0. The van der Waals surface area contributed by atoms with Crippen LogP contribution >= 0.6 is 0 Å². The summed E-state index contributed by atoms with van der Waals surface area (Å²) < 4.78 is 2.20. The molecule has 21 heavy (non-hydrogen) atoms. The Morgan fingerprint density at radius 2 is 1.90 bits per heavy atom. The minimum Gasteiger partial charge on any atom is -1.00 e. The van der Waals surface area contributed by atoms with Crippen molar-refractivity contribution in [2.24, 2.45) is 5.16 Å². The van der Waals surface area contributed by atoms with Gasteiger partial charge in [-0.15, -0.1) is 0 Å². The van der Waals surface area contributed by atoms with E-state index in [0.717, 1.165) is 37.1 Å². The summed E-state index contributed by atoms with van der Waals surface area (Å²) in [5, 5.41) is 12.6. The van der Waals surface area contributed by atoms with Crippen molar-refractivity contribution in [1.29, 1.82) is 0 Å². The van der Waals surface area contributed by atoms with Crippen molar-refractivity contribution in [2.45, 2.75) is 32.7 Å². The molecule has 0 radical (unpaired) electrons. The van der Waals surface area contributed by atoms with E-state index < -0.39 is 0 Å². The standard InChI is InChI=1S/C17H20N2O.HI/c1-2-12-19-13-6-7-15(14-19)10-11-17(18-20)16-8-4-3-5-9-16;/h3-9,13-14H,2,10-12H2,1H3;1H. The Hall–Kier alpha value is -1.43. The fourth-order valence-electron chi connectivity index (χ4n) is 2.27. The predicted octanol–water partition coefficient (Wildman–Crippen LogP) is 0.199. The van der Waals surface area contributed by atoms with Gasteiger partial charge >= 0.3 is 0 Å². The van der Waals surface area contributed by atoms with Crippen LogP contribution in [0.4, 0.5) is 0 Å². The highest BCUT2D eigenvalue weighted by atomic mass is 127. The Bertz CT molecular complexity index is 570. The van der Waals surface area contributed by atoms with Crippen LogP contribution in [0, 0.1) is 0 Å². The van der Waals surface area contributed by atoms with Gasteiger partial charge in [0.25, 0.3) is 0 Å². The molecule has 0 aliphatic heterocycles. The summed E-state index contributed by atoms with van der Waals surface area (Å²) in [6, 6.07) is 14.0. The lowest BCUT2D eigenvalue weighted by Gasteiger charge is -2.04. The predicted molar refractivity (Wildman–Crippen MR) is 80.0 cm³/mol. The summed E-state index contributed by atoms with van der Waals surface area (Å²) in [5.41, 5.74) is 2.97. The monoisotopic (exact) mass is 396 g/mol. The first-order chi connectivity index (χ1) is 9.83. The van der Waals surface area contributed by atoms with Crippen LogP contribution in [-0.2, 0) is 13.0 Å². The van der Waals surface area contributed by atoms with Crippen molar-refractivity contribution in [3.8, 4) is 0 Å². The molecule has 2 aromatic rings. The number of aromatic nitrogens is 1. The first kappa shape index (κ1) is 17.6. The Morgan fingerprint density at radius 1 is 1.14 bits per heavy atom. The lowest BCUT2D eigenvalue weighted by atomic mass is 10.0. The number of nitrogens with zero attached hydrogens (tertiary/aromatic N) is 2. The number of benzene rings is 1. The van der Waals surface area contributed by atoms with Gasteiger partial charge in [-0.05, 0) is 24.5 Å². The van der Waals surface area contributed by atoms with Crippen LogP contribution in [0.3, 0.4) is 0 Å². The minimum atomic E-state index is 0. The average molecular weight is 396 g/mol. The number of halogens is 1. The third kappa shape index (κ3) is 5.46. The summed E-state index contributed by atoms with van der Waals surface area (Å²) in [6.45, 7) is 3.21. The van der Waals surface area contributed by atoms with Gasteiger partial charge in [0.1, 0.15) is 6.54 Å². The second-order valence-electron chi connectivity index (χ2n) is 4.86. The molecule has 3 nitrogen and oxygen atoms in total. The van der Waals surface area contributed by atoms with E-state index in [2.05, 4.69) is 41.2 Å². The molecule has 0 aliphatic rings. The van der Waals surface area contributed by atoms with Gasteiger partial charge in [-0.3, -0.25) is 0 Å². The van der Waals surface area contributed by atoms with E-state index >= 15 is 0 Å². The third-order valence-corrected chi connectivity index (χ3v) is 3.28. The number of rotatable bonds is 6. The van der Waals surface area contributed by atoms with Gasteiger partial charge in [-0.2, -0.15) is 0 Å². The Kier molecular flexibility index (Phi) is 7.97. The summed E-state index contributed by atoms with van der Waals surface area (Å²) in [4.78, 5) is 0. The van der Waals surface area contributed by atoms with E-state index in [1.807, 2.05) is 30.3 Å². The zero-order chi connectivity index (χ0) is 14.2. The molecule has 1 aromatic heterocycles. The maximum absolute atomic E-state index is 9.18. The Morgan fingerprint density at radius 3 is 2.57 bits per heavy atom. The maximum atomic E-state index is 9.18. The summed E-state index contributed by atoms with van der Waals surface area (Å²) in [7, 11) is 0. The number of aryl methyl sites for hydroxylation is 2. The molecule has 1 N–H and O–H groups in total. The van der Waals surface area contributed by atoms with Gasteiger partial charge in [-0.25, -0.2) is 4.57 Å². The van der Waals surface area contributed by atoms with Gasteiger partial charge in [0, 0.05) is 18.1 Å². The minimum absolute atomic E-state index is 0. The van der Waals surface area contributed by atoms with Crippen LogP contribution in [0.1, 0.15) is 30.9 Å². The number of hydrogen-bond donors (Lipinski definition) is 1. The highest BCUT2D eigenvalue weighted by Crippen LogP contribution is 2.08. The summed E-state index contributed by atoms with van der Waals surface area (Å²) >= 11 is 0. The number of oxime groups is 1. The summed E-state index contributed by atoms with van der Waals surface area (Å²) in [6.07, 6.45) is 6.99. The quantitative estimate of drug-likeness (QED) is 0.245. The second-order valence-corrected chi connectivity index (χ2v) is 4.86. The molecule has 0 bridgehead atoms. The lowest BCUT2D eigenvalue weighted by Crippen LogP contribution is -3.00. The SMILES string of the molecule is CCC[n+]1cccc(CCC(=NO)c2ccccc2)c1.[I-]. The zero-order valence-electron chi connectivity index (χ0n) is 12.2. The molecule has 0 atom stereocenters. The zero-order valence-corrected chi connectivity index (χ0v) is 14.4. The van der Waals surface area contributed by atoms with Gasteiger partial charge in [0.2, 0.25) is 0 Å². The molecule has 0 spiro atoms. The smallest absolute Gasteiger partial charge is 0.171 e. The lowest BCUT2D eigenvalue weighted by molar-refractivity contribution is -0.697. The molecule has 0 unspecified atom stereocenters. The molecule has 0 amide bonds. The van der Waals surface area contributed by atoms with Crippen molar-refractivity contribution >= 4 is 5.71 Å². The molecule has 112 valence electrons. The van der Waals surface area contributed by atoms with Gasteiger partial charge in [0.15, 0.2) is 12.4 Å². The van der Waals surface area contributed by atoms with E-state index in [-0.39, 0.29) is 24.0 Å². The van der Waals surface area contributed by atoms with Gasteiger partial charge in [-0.1, -0.05) is 42.4 Å². The van der Waals surface area contributed by atoms with E-state index in [0.29, 0.717) is 0 Å². The first-order valence-electron chi connectivity index (χ1n) is 7.08. The Labute approximate surface area is 143 Å². The fourth-order valence-corrected chi connectivity index (χ4v) is 2.27. The van der Waals surface area contributed by atoms with Gasteiger partial charge < -0.3 is 29.2 Å². The molecule has 1 heterocycles. The molecule has 0 saturated carbocycles. The molecule has 0 saturated heterocycles. The first-order valence-corrected chi connectivity index (χ1v) is 7.08. The van der Waals surface area contributed by atoms with Crippen molar-refractivity contribution in [2.75, 3.05) is 0 Å². The highest BCUT2D eigenvalue weighted by Gasteiger charge is 2.07. The summed E-state index contributed by atoms with van der Waals surface area (Å²) in [5.74, 6) is 0. The topological polar surface area (TPSA) is 36.5 Å². The molecular formula is C17H21IN2O. The fraction of sp³-hybridized carbons (Fsp3) is 0.294. The molecule has 2 rings (SSSR count). The molecule has 0 aliphatic carbocycles. The van der Waals surface area contributed by atoms with Crippen molar-refractivity contribution < 1.29 is 33.8 Å². The third-order valence-electron chi connectivity index (χ3n) is 3.28. The highest BCUT2D eigenvalue weighted by molar-refractivity contribution is 6.00. The van der Waals surface area contributed by atoms with Crippen LogP contribution in [0.25, 0.3) is 0 Å². The van der Waals surface area contributed by atoms with Crippen LogP contribution in [0.5, 0.6) is 0 Å². The molecule has 1 aromatic carbocycles. The van der Waals surface area contributed by atoms with Gasteiger partial charge in [0.05, 0.1) is 5.71 Å². The van der Waals surface area contributed by atoms with E-state index in [9.17, 15) is 5.21 Å². The maximum Gasteiger partial charge on any atom is 0.171 e. The van der Waals surface area contributed by atoms with Crippen molar-refractivity contribution in [1.82, 2.24) is 0 Å². The second kappa shape index (κ2) is 9.50. The van der Waals surface area contributed by atoms with Crippen LogP contribution < -0.4 is 28.5 Å². The Balaban J connectivity index is 0.00000220. The van der Waals surface area contributed by atoms with E-state index in [1.54, 1.807) is 0 Å². The van der Waals surface area contributed by atoms with Crippen molar-refractivity contribution in [3.05, 3.63) is 66.0 Å². The van der Waals surface area contributed by atoms with Crippen molar-refractivity contribution in [3.63, 3.8) is 0 Å². The number of pyridine rings is 1. The average Bonchev–Trinajstić information content (AvgIpc) is 2.50. The molecule has 4 heteroatoms. The largest absolute Gasteiger partial charge is 1.00 e.